The zero-order chi connectivity index (χ0) is 19.5. The SMILES string of the molecule is O=C(NC(=O)c1ccsc1NC(=O)c1cn2ccccc2n1)OC1CCCC1. The van der Waals surface area contributed by atoms with Crippen molar-refractivity contribution in [2.75, 3.05) is 5.32 Å². The number of hydrogen-bond donors (Lipinski definition) is 2. The highest BCUT2D eigenvalue weighted by molar-refractivity contribution is 7.14. The second kappa shape index (κ2) is 7.81. The maximum Gasteiger partial charge on any atom is 0.414 e. The summed E-state index contributed by atoms with van der Waals surface area (Å²) in [5.74, 6) is -1.05. The molecule has 3 heterocycles. The molecule has 0 bridgehead atoms. The van der Waals surface area contributed by atoms with Crippen molar-refractivity contribution in [3.05, 3.63) is 53.3 Å². The third-order valence-corrected chi connectivity index (χ3v) is 5.35. The van der Waals surface area contributed by atoms with Crippen LogP contribution in [0.1, 0.15) is 46.5 Å². The lowest BCUT2D eigenvalue weighted by Crippen LogP contribution is -2.33. The van der Waals surface area contributed by atoms with Gasteiger partial charge in [0.15, 0.2) is 0 Å². The normalized spacial score (nSPS) is 14.1. The molecule has 0 atom stereocenters. The van der Waals surface area contributed by atoms with Crippen LogP contribution in [0.25, 0.3) is 5.65 Å². The number of thiophene rings is 1. The summed E-state index contributed by atoms with van der Waals surface area (Å²) in [6, 6.07) is 7.00. The van der Waals surface area contributed by atoms with Gasteiger partial charge in [0.05, 0.1) is 5.56 Å². The van der Waals surface area contributed by atoms with E-state index >= 15 is 0 Å². The molecule has 3 amide bonds. The Balaban J connectivity index is 1.42. The molecule has 1 saturated carbocycles. The number of pyridine rings is 1. The van der Waals surface area contributed by atoms with Crippen molar-refractivity contribution in [3.63, 3.8) is 0 Å². The lowest BCUT2D eigenvalue weighted by Gasteiger charge is -2.11. The van der Waals surface area contributed by atoms with E-state index in [1.165, 1.54) is 11.3 Å². The number of imidazole rings is 1. The number of nitrogens with zero attached hydrogens (tertiary/aromatic N) is 2. The van der Waals surface area contributed by atoms with Crippen molar-refractivity contribution >= 4 is 39.9 Å². The molecule has 0 spiro atoms. The van der Waals surface area contributed by atoms with Gasteiger partial charge in [0.2, 0.25) is 0 Å². The summed E-state index contributed by atoms with van der Waals surface area (Å²) in [7, 11) is 0. The Morgan fingerprint density at radius 2 is 1.96 bits per heavy atom. The molecule has 1 aliphatic rings. The van der Waals surface area contributed by atoms with E-state index in [4.69, 9.17) is 4.74 Å². The molecule has 8 nitrogen and oxygen atoms in total. The van der Waals surface area contributed by atoms with Crippen LogP contribution < -0.4 is 10.6 Å². The first kappa shape index (κ1) is 18.2. The fourth-order valence-electron chi connectivity index (χ4n) is 3.14. The topological polar surface area (TPSA) is 102 Å². The zero-order valence-corrected chi connectivity index (χ0v) is 15.7. The molecular weight excluding hydrogens is 380 g/mol. The van der Waals surface area contributed by atoms with Gasteiger partial charge in [0.1, 0.15) is 22.4 Å². The molecule has 1 aliphatic carbocycles. The quantitative estimate of drug-likeness (QED) is 0.701. The van der Waals surface area contributed by atoms with Crippen molar-refractivity contribution in [1.29, 1.82) is 0 Å². The van der Waals surface area contributed by atoms with E-state index in [1.54, 1.807) is 34.3 Å². The van der Waals surface area contributed by atoms with Crippen molar-refractivity contribution in [1.82, 2.24) is 14.7 Å². The Morgan fingerprint density at radius 3 is 2.75 bits per heavy atom. The van der Waals surface area contributed by atoms with E-state index in [0.29, 0.717) is 10.6 Å². The molecule has 1 fully saturated rings. The van der Waals surface area contributed by atoms with Gasteiger partial charge in [-0.2, -0.15) is 0 Å². The van der Waals surface area contributed by atoms with Gasteiger partial charge in [-0.05, 0) is 49.3 Å². The van der Waals surface area contributed by atoms with Crippen molar-refractivity contribution in [2.45, 2.75) is 31.8 Å². The van der Waals surface area contributed by atoms with Crippen LogP contribution in [0.2, 0.25) is 0 Å². The van der Waals surface area contributed by atoms with Crippen LogP contribution in [-0.2, 0) is 4.74 Å². The largest absolute Gasteiger partial charge is 0.446 e. The van der Waals surface area contributed by atoms with E-state index in [-0.39, 0.29) is 17.4 Å². The molecule has 9 heteroatoms. The minimum atomic E-state index is -0.763. The number of hydrogen-bond acceptors (Lipinski definition) is 6. The summed E-state index contributed by atoms with van der Waals surface area (Å²) >= 11 is 1.19. The van der Waals surface area contributed by atoms with Gasteiger partial charge >= 0.3 is 6.09 Å². The number of amides is 3. The number of ether oxygens (including phenoxy) is 1. The van der Waals surface area contributed by atoms with Crippen LogP contribution in [-0.4, -0.2) is 33.4 Å². The van der Waals surface area contributed by atoms with E-state index < -0.39 is 17.9 Å². The number of aromatic nitrogens is 2. The lowest BCUT2D eigenvalue weighted by atomic mass is 10.3. The highest BCUT2D eigenvalue weighted by Crippen LogP contribution is 2.24. The van der Waals surface area contributed by atoms with Gasteiger partial charge in [0.25, 0.3) is 11.8 Å². The molecule has 3 aromatic rings. The third kappa shape index (κ3) is 3.89. The summed E-state index contributed by atoms with van der Waals surface area (Å²) in [6.07, 6.45) is 6.19. The number of alkyl carbamates (subject to hydrolysis) is 1. The number of nitrogens with one attached hydrogen (secondary N) is 2. The van der Waals surface area contributed by atoms with Gasteiger partial charge in [0, 0.05) is 12.4 Å². The van der Waals surface area contributed by atoms with Gasteiger partial charge < -0.3 is 14.5 Å². The van der Waals surface area contributed by atoms with E-state index in [0.717, 1.165) is 25.7 Å². The van der Waals surface area contributed by atoms with Crippen LogP contribution in [0.3, 0.4) is 0 Å². The predicted octanol–water partition coefficient (Wildman–Crippen LogP) is 3.46. The molecular formula is C19H18N4O4S. The van der Waals surface area contributed by atoms with Crippen molar-refractivity contribution in [3.8, 4) is 0 Å². The van der Waals surface area contributed by atoms with E-state index in [1.807, 2.05) is 12.1 Å². The molecule has 2 N–H and O–H groups in total. The minimum absolute atomic E-state index is 0.135. The van der Waals surface area contributed by atoms with Gasteiger partial charge in [-0.1, -0.05) is 6.07 Å². The number of fused-ring (bicyclic) bond motifs is 1. The number of anilines is 1. The first-order valence-corrected chi connectivity index (χ1v) is 9.82. The van der Waals surface area contributed by atoms with Crippen LogP contribution in [0.15, 0.2) is 42.0 Å². The van der Waals surface area contributed by atoms with E-state index in [2.05, 4.69) is 15.6 Å². The smallest absolute Gasteiger partial charge is 0.414 e. The van der Waals surface area contributed by atoms with Crippen molar-refractivity contribution in [2.24, 2.45) is 0 Å². The second-order valence-electron chi connectivity index (χ2n) is 6.48. The fourth-order valence-corrected chi connectivity index (χ4v) is 3.92. The van der Waals surface area contributed by atoms with Crippen LogP contribution in [0.4, 0.5) is 9.80 Å². The second-order valence-corrected chi connectivity index (χ2v) is 7.39. The highest BCUT2D eigenvalue weighted by atomic mass is 32.1. The molecule has 0 aromatic carbocycles. The molecule has 0 radical (unpaired) electrons. The number of imide groups is 1. The molecule has 4 rings (SSSR count). The van der Waals surface area contributed by atoms with Gasteiger partial charge in [-0.15, -0.1) is 11.3 Å². The Bertz CT molecular complexity index is 1000. The van der Waals surface area contributed by atoms with Crippen LogP contribution in [0, 0.1) is 0 Å². The summed E-state index contributed by atoms with van der Waals surface area (Å²) in [6.45, 7) is 0. The third-order valence-electron chi connectivity index (χ3n) is 4.53. The maximum absolute atomic E-state index is 12.5. The number of rotatable bonds is 4. The van der Waals surface area contributed by atoms with Crippen LogP contribution in [0.5, 0.6) is 0 Å². The summed E-state index contributed by atoms with van der Waals surface area (Å²) in [4.78, 5) is 41.1. The monoisotopic (exact) mass is 398 g/mol. The molecule has 3 aromatic heterocycles. The highest BCUT2D eigenvalue weighted by Gasteiger charge is 2.23. The Hall–Kier alpha value is -3.20. The summed E-state index contributed by atoms with van der Waals surface area (Å²) in [5.41, 5.74) is 1.07. The van der Waals surface area contributed by atoms with Gasteiger partial charge in [-0.25, -0.2) is 9.78 Å². The Morgan fingerprint density at radius 1 is 1.14 bits per heavy atom. The van der Waals surface area contributed by atoms with Crippen LogP contribution >= 0.6 is 11.3 Å². The summed E-state index contributed by atoms with van der Waals surface area (Å²) in [5, 5.41) is 6.91. The molecule has 28 heavy (non-hydrogen) atoms. The predicted molar refractivity (Wildman–Crippen MR) is 104 cm³/mol. The molecule has 0 unspecified atom stereocenters. The first-order chi connectivity index (χ1) is 13.6. The van der Waals surface area contributed by atoms with E-state index in [9.17, 15) is 14.4 Å². The lowest BCUT2D eigenvalue weighted by molar-refractivity contribution is 0.0834. The number of carbonyl (C=O) groups is 3. The summed E-state index contributed by atoms with van der Waals surface area (Å²) < 4.78 is 6.97. The maximum atomic E-state index is 12.5. The average molecular weight is 398 g/mol. The number of carbonyl (C=O) groups excluding carboxylic acids is 3. The molecule has 0 aliphatic heterocycles. The standard InChI is InChI=1S/C19H18N4O4S/c24-16(22-19(26)27-12-5-1-2-6-12)13-8-10-28-18(13)21-17(25)14-11-23-9-4-3-7-15(23)20-14/h3-4,7-12H,1-2,5-6H2,(H,21,25)(H,22,24,26). The minimum Gasteiger partial charge on any atom is -0.446 e. The van der Waals surface area contributed by atoms with Gasteiger partial charge in [-0.3, -0.25) is 14.9 Å². The average Bonchev–Trinajstić information content (AvgIpc) is 3.41. The zero-order valence-electron chi connectivity index (χ0n) is 14.9. The molecule has 0 saturated heterocycles. The van der Waals surface area contributed by atoms with Crippen molar-refractivity contribution < 1.29 is 19.1 Å². The Labute approximate surface area is 164 Å². The molecule has 144 valence electrons. The Kier molecular flexibility index (Phi) is 5.07. The fraction of sp³-hybridized carbons (Fsp3) is 0.263. The first-order valence-electron chi connectivity index (χ1n) is 8.95.